The van der Waals surface area contributed by atoms with E-state index in [1.807, 2.05) is 11.8 Å². The SMILES string of the molecule is CCCC(NC(=O)CCl)C(=O)N1CCc2sccc2C1. The number of carbonyl (C=O) groups excluding carboxylic acids is 2. The van der Waals surface area contributed by atoms with E-state index in [4.69, 9.17) is 11.6 Å². The number of hydrogen-bond donors (Lipinski definition) is 1. The molecule has 1 aromatic heterocycles. The number of thiophene rings is 1. The van der Waals surface area contributed by atoms with Crippen molar-refractivity contribution in [3.63, 3.8) is 0 Å². The van der Waals surface area contributed by atoms with E-state index in [1.165, 1.54) is 10.4 Å². The van der Waals surface area contributed by atoms with Crippen LogP contribution in [0.2, 0.25) is 0 Å². The van der Waals surface area contributed by atoms with Crippen molar-refractivity contribution in [3.8, 4) is 0 Å². The summed E-state index contributed by atoms with van der Waals surface area (Å²) in [6, 6.07) is 1.62. The van der Waals surface area contributed by atoms with Crippen LogP contribution in [0.5, 0.6) is 0 Å². The fraction of sp³-hybridized carbons (Fsp3) is 0.571. The number of carbonyl (C=O) groups is 2. The van der Waals surface area contributed by atoms with E-state index in [2.05, 4.69) is 16.8 Å². The Hall–Kier alpha value is -1.07. The van der Waals surface area contributed by atoms with Crippen LogP contribution < -0.4 is 5.32 Å². The van der Waals surface area contributed by atoms with Crippen molar-refractivity contribution >= 4 is 34.8 Å². The lowest BCUT2D eigenvalue weighted by atomic mass is 10.1. The number of halogens is 1. The summed E-state index contributed by atoms with van der Waals surface area (Å²) in [7, 11) is 0. The number of nitrogens with one attached hydrogen (secondary N) is 1. The van der Waals surface area contributed by atoms with Gasteiger partial charge in [-0.25, -0.2) is 0 Å². The second-order valence-electron chi connectivity index (χ2n) is 4.92. The molecular weight excluding hydrogens is 296 g/mol. The number of nitrogens with zero attached hydrogens (tertiary/aromatic N) is 1. The molecule has 2 heterocycles. The van der Waals surface area contributed by atoms with Crippen LogP contribution in [0.25, 0.3) is 0 Å². The van der Waals surface area contributed by atoms with E-state index in [-0.39, 0.29) is 17.7 Å². The molecule has 1 aromatic rings. The zero-order chi connectivity index (χ0) is 14.5. The Labute approximate surface area is 128 Å². The smallest absolute Gasteiger partial charge is 0.245 e. The zero-order valence-corrected chi connectivity index (χ0v) is 13.1. The van der Waals surface area contributed by atoms with E-state index < -0.39 is 6.04 Å². The van der Waals surface area contributed by atoms with Gasteiger partial charge in [0.15, 0.2) is 0 Å². The van der Waals surface area contributed by atoms with E-state index in [9.17, 15) is 9.59 Å². The van der Waals surface area contributed by atoms with Crippen molar-refractivity contribution in [2.75, 3.05) is 12.4 Å². The Kier molecular flexibility index (Phi) is 5.43. The normalized spacial score (nSPS) is 15.6. The lowest BCUT2D eigenvalue weighted by Gasteiger charge is -2.30. The average molecular weight is 315 g/mol. The standard InChI is InChI=1S/C14H19ClN2O2S/c1-2-3-11(16-13(18)8-15)14(19)17-6-4-12-10(9-17)5-7-20-12/h5,7,11H,2-4,6,8-9H2,1H3,(H,16,18). The third-order valence-electron chi connectivity index (χ3n) is 3.45. The van der Waals surface area contributed by atoms with E-state index in [0.29, 0.717) is 13.0 Å². The van der Waals surface area contributed by atoms with Gasteiger partial charge < -0.3 is 10.2 Å². The van der Waals surface area contributed by atoms with E-state index >= 15 is 0 Å². The highest BCUT2D eigenvalue weighted by atomic mass is 35.5. The number of amides is 2. The van der Waals surface area contributed by atoms with Crippen molar-refractivity contribution in [3.05, 3.63) is 21.9 Å². The molecule has 4 nitrogen and oxygen atoms in total. The predicted octanol–water partition coefficient (Wildman–Crippen LogP) is 2.16. The maximum absolute atomic E-state index is 12.5. The van der Waals surface area contributed by atoms with Crippen LogP contribution in [-0.2, 0) is 22.6 Å². The summed E-state index contributed by atoms with van der Waals surface area (Å²) in [5, 5.41) is 4.79. The second kappa shape index (κ2) is 7.09. The Balaban J connectivity index is 2.02. The molecule has 1 aliphatic heterocycles. The van der Waals surface area contributed by atoms with Gasteiger partial charge in [0, 0.05) is 18.0 Å². The van der Waals surface area contributed by atoms with Crippen molar-refractivity contribution in [2.24, 2.45) is 0 Å². The van der Waals surface area contributed by atoms with Crippen LogP contribution in [0.15, 0.2) is 11.4 Å². The van der Waals surface area contributed by atoms with Crippen LogP contribution in [0.3, 0.4) is 0 Å². The molecule has 1 N–H and O–H groups in total. The van der Waals surface area contributed by atoms with Gasteiger partial charge in [-0.2, -0.15) is 0 Å². The molecule has 1 unspecified atom stereocenters. The Morgan fingerprint density at radius 1 is 1.55 bits per heavy atom. The largest absolute Gasteiger partial charge is 0.343 e. The molecule has 0 saturated heterocycles. The predicted molar refractivity (Wildman–Crippen MR) is 81.0 cm³/mol. The topological polar surface area (TPSA) is 49.4 Å². The van der Waals surface area contributed by atoms with Crippen LogP contribution >= 0.6 is 22.9 Å². The molecule has 0 saturated carbocycles. The quantitative estimate of drug-likeness (QED) is 0.847. The van der Waals surface area contributed by atoms with Gasteiger partial charge in [-0.1, -0.05) is 13.3 Å². The molecule has 2 amide bonds. The van der Waals surface area contributed by atoms with Crippen molar-refractivity contribution in [1.82, 2.24) is 10.2 Å². The number of alkyl halides is 1. The van der Waals surface area contributed by atoms with Gasteiger partial charge in [0.25, 0.3) is 0 Å². The Morgan fingerprint density at radius 2 is 2.35 bits per heavy atom. The lowest BCUT2D eigenvalue weighted by molar-refractivity contribution is -0.137. The van der Waals surface area contributed by atoms with Crippen LogP contribution in [-0.4, -0.2) is 35.2 Å². The molecule has 1 aliphatic rings. The molecule has 110 valence electrons. The summed E-state index contributed by atoms with van der Waals surface area (Å²) >= 11 is 7.25. The second-order valence-corrected chi connectivity index (χ2v) is 6.19. The summed E-state index contributed by atoms with van der Waals surface area (Å²) < 4.78 is 0. The molecule has 0 bridgehead atoms. The first-order valence-corrected chi connectivity index (χ1v) is 8.26. The first-order chi connectivity index (χ1) is 9.65. The van der Waals surface area contributed by atoms with Gasteiger partial charge in [0.2, 0.25) is 11.8 Å². The minimum atomic E-state index is -0.452. The van der Waals surface area contributed by atoms with Crippen LogP contribution in [0, 0.1) is 0 Å². The molecule has 6 heteroatoms. The van der Waals surface area contributed by atoms with Crippen molar-refractivity contribution < 1.29 is 9.59 Å². The third kappa shape index (κ3) is 3.52. The first kappa shape index (κ1) is 15.3. The van der Waals surface area contributed by atoms with Gasteiger partial charge in [-0.3, -0.25) is 9.59 Å². The summed E-state index contributed by atoms with van der Waals surface area (Å²) in [4.78, 5) is 27.2. The fourth-order valence-electron chi connectivity index (χ4n) is 2.44. The number of fused-ring (bicyclic) bond motifs is 1. The monoisotopic (exact) mass is 314 g/mol. The molecule has 0 fully saturated rings. The maximum atomic E-state index is 12.5. The van der Waals surface area contributed by atoms with Gasteiger partial charge >= 0.3 is 0 Å². The number of rotatable bonds is 5. The fourth-order valence-corrected chi connectivity index (χ4v) is 3.40. The molecule has 0 spiro atoms. The minimum Gasteiger partial charge on any atom is -0.343 e. The maximum Gasteiger partial charge on any atom is 0.245 e. The highest BCUT2D eigenvalue weighted by Gasteiger charge is 2.28. The Bertz CT molecular complexity index is 489. The number of hydrogen-bond acceptors (Lipinski definition) is 3. The highest BCUT2D eigenvalue weighted by Crippen LogP contribution is 2.24. The van der Waals surface area contributed by atoms with Gasteiger partial charge in [-0.15, -0.1) is 22.9 Å². The summed E-state index contributed by atoms with van der Waals surface area (Å²) in [6.07, 6.45) is 2.39. The van der Waals surface area contributed by atoms with Crippen LogP contribution in [0.1, 0.15) is 30.2 Å². The van der Waals surface area contributed by atoms with Gasteiger partial charge in [-0.05, 0) is 29.9 Å². The van der Waals surface area contributed by atoms with Gasteiger partial charge in [0.1, 0.15) is 11.9 Å². The molecular formula is C14H19ClN2O2S. The zero-order valence-electron chi connectivity index (χ0n) is 11.5. The van der Waals surface area contributed by atoms with E-state index in [1.54, 1.807) is 11.3 Å². The highest BCUT2D eigenvalue weighted by molar-refractivity contribution is 7.10. The van der Waals surface area contributed by atoms with Crippen molar-refractivity contribution in [1.29, 1.82) is 0 Å². The lowest BCUT2D eigenvalue weighted by Crippen LogP contribution is -2.50. The molecule has 2 rings (SSSR count). The molecule has 1 atom stereocenters. The Morgan fingerprint density at radius 3 is 3.05 bits per heavy atom. The third-order valence-corrected chi connectivity index (χ3v) is 4.72. The molecule has 20 heavy (non-hydrogen) atoms. The minimum absolute atomic E-state index is 0.00201. The average Bonchev–Trinajstić information content (AvgIpc) is 2.93. The molecule has 0 aliphatic carbocycles. The molecule has 0 radical (unpaired) electrons. The van der Waals surface area contributed by atoms with Gasteiger partial charge in [0.05, 0.1) is 0 Å². The van der Waals surface area contributed by atoms with Crippen molar-refractivity contribution in [2.45, 2.75) is 38.8 Å². The first-order valence-electron chi connectivity index (χ1n) is 6.85. The summed E-state index contributed by atoms with van der Waals surface area (Å²) in [5.41, 5.74) is 1.23. The van der Waals surface area contributed by atoms with E-state index in [0.717, 1.165) is 19.4 Å². The summed E-state index contributed by atoms with van der Waals surface area (Å²) in [5.74, 6) is -0.392. The van der Waals surface area contributed by atoms with Crippen LogP contribution in [0.4, 0.5) is 0 Å². The molecule has 0 aromatic carbocycles. The summed E-state index contributed by atoms with van der Waals surface area (Å²) in [6.45, 7) is 3.37.